The van der Waals surface area contributed by atoms with Crippen LogP contribution in [0.5, 0.6) is 0 Å². The number of nitrogen functional groups attached to an aromatic ring is 1. The molecule has 98 valence electrons. The molecule has 0 amide bonds. The smallest absolute Gasteiger partial charge is 0.336 e. The van der Waals surface area contributed by atoms with Crippen LogP contribution in [0.1, 0.15) is 21.5 Å². The number of hydrogen-bond acceptors (Lipinski definition) is 3. The van der Waals surface area contributed by atoms with Crippen LogP contribution in [0.4, 0.5) is 5.69 Å². The molecule has 0 radical (unpaired) electrons. The van der Waals surface area contributed by atoms with Gasteiger partial charge in [0.05, 0.1) is 5.56 Å². The van der Waals surface area contributed by atoms with E-state index in [0.717, 1.165) is 10.5 Å². The largest absolute Gasteiger partial charge is 0.478 e. The van der Waals surface area contributed by atoms with Crippen LogP contribution >= 0.6 is 11.8 Å². The summed E-state index contributed by atoms with van der Waals surface area (Å²) in [7, 11) is 0. The first kappa shape index (κ1) is 13.5. The highest BCUT2D eigenvalue weighted by molar-refractivity contribution is 7.99. The number of carbonyl (C=O) groups is 1. The second-order valence-electron chi connectivity index (χ2n) is 4.43. The van der Waals surface area contributed by atoms with Gasteiger partial charge in [0.15, 0.2) is 0 Å². The summed E-state index contributed by atoms with van der Waals surface area (Å²) in [4.78, 5) is 13.0. The maximum atomic E-state index is 11.2. The van der Waals surface area contributed by atoms with Gasteiger partial charge in [-0.2, -0.15) is 0 Å². The molecule has 0 fully saturated rings. The third kappa shape index (κ3) is 3.09. The van der Waals surface area contributed by atoms with Crippen LogP contribution in [-0.2, 0) is 0 Å². The first-order valence-corrected chi connectivity index (χ1v) is 6.67. The number of hydrogen-bond donors (Lipinski definition) is 2. The minimum Gasteiger partial charge on any atom is -0.478 e. The molecule has 0 saturated heterocycles. The summed E-state index contributed by atoms with van der Waals surface area (Å²) in [6.45, 7) is 4.06. The Hall–Kier alpha value is -1.94. The Bertz CT molecular complexity index is 638. The van der Waals surface area contributed by atoms with Crippen LogP contribution < -0.4 is 5.73 Å². The van der Waals surface area contributed by atoms with Crippen LogP contribution in [0.3, 0.4) is 0 Å². The number of benzene rings is 2. The maximum absolute atomic E-state index is 11.2. The Morgan fingerprint density at radius 1 is 1.11 bits per heavy atom. The van der Waals surface area contributed by atoms with Gasteiger partial charge in [0, 0.05) is 15.5 Å². The number of carboxylic acid groups (broad SMARTS) is 1. The normalized spacial score (nSPS) is 10.4. The summed E-state index contributed by atoms with van der Waals surface area (Å²) in [5.74, 6) is -0.959. The SMILES string of the molecule is Cc1ccc(Sc2ccc(N)cc2C(=O)O)c(C)c1. The number of rotatable bonds is 3. The minimum atomic E-state index is -0.959. The zero-order valence-corrected chi connectivity index (χ0v) is 11.6. The Balaban J connectivity index is 2.40. The van der Waals surface area contributed by atoms with Gasteiger partial charge >= 0.3 is 5.97 Å². The summed E-state index contributed by atoms with van der Waals surface area (Å²) in [5, 5.41) is 9.21. The highest BCUT2D eigenvalue weighted by atomic mass is 32.2. The molecule has 0 aliphatic rings. The minimum absolute atomic E-state index is 0.241. The second-order valence-corrected chi connectivity index (χ2v) is 5.52. The van der Waals surface area contributed by atoms with Gasteiger partial charge in [-0.15, -0.1) is 0 Å². The van der Waals surface area contributed by atoms with Crippen LogP contribution in [0.15, 0.2) is 46.2 Å². The quantitative estimate of drug-likeness (QED) is 0.836. The van der Waals surface area contributed by atoms with E-state index in [0.29, 0.717) is 10.6 Å². The predicted octanol–water partition coefficient (Wildman–Crippen LogP) is 3.74. The van der Waals surface area contributed by atoms with E-state index < -0.39 is 5.97 Å². The molecular formula is C15H15NO2S. The van der Waals surface area contributed by atoms with Crippen LogP contribution in [0.2, 0.25) is 0 Å². The van der Waals surface area contributed by atoms with Gasteiger partial charge in [-0.25, -0.2) is 4.79 Å². The first-order valence-electron chi connectivity index (χ1n) is 5.85. The van der Waals surface area contributed by atoms with Crippen molar-refractivity contribution in [3.63, 3.8) is 0 Å². The third-order valence-corrected chi connectivity index (χ3v) is 4.04. The molecule has 0 saturated carbocycles. The summed E-state index contributed by atoms with van der Waals surface area (Å²) in [5.41, 5.74) is 8.67. The number of aryl methyl sites for hydroxylation is 2. The fourth-order valence-corrected chi connectivity index (χ4v) is 2.82. The summed E-state index contributed by atoms with van der Waals surface area (Å²) >= 11 is 1.45. The van der Waals surface area contributed by atoms with Gasteiger partial charge in [-0.3, -0.25) is 0 Å². The van der Waals surface area contributed by atoms with Gasteiger partial charge in [-0.05, 0) is 43.7 Å². The van der Waals surface area contributed by atoms with E-state index in [4.69, 9.17) is 5.73 Å². The molecule has 0 aromatic heterocycles. The van der Waals surface area contributed by atoms with Gasteiger partial charge in [0.1, 0.15) is 0 Å². The van der Waals surface area contributed by atoms with Crippen molar-refractivity contribution >= 4 is 23.4 Å². The van der Waals surface area contributed by atoms with Gasteiger partial charge in [-0.1, -0.05) is 29.5 Å². The molecule has 0 spiro atoms. The van der Waals surface area contributed by atoms with Gasteiger partial charge in [0.25, 0.3) is 0 Å². The van der Waals surface area contributed by atoms with E-state index in [1.165, 1.54) is 23.4 Å². The molecule has 0 heterocycles. The maximum Gasteiger partial charge on any atom is 0.336 e. The average Bonchev–Trinajstić information content (AvgIpc) is 2.34. The Labute approximate surface area is 116 Å². The molecule has 4 heteroatoms. The van der Waals surface area contributed by atoms with Gasteiger partial charge in [0.2, 0.25) is 0 Å². The molecule has 0 atom stereocenters. The molecule has 0 aliphatic heterocycles. The zero-order chi connectivity index (χ0) is 14.0. The molecule has 3 N–H and O–H groups in total. The number of nitrogens with two attached hydrogens (primary N) is 1. The van der Waals surface area contributed by atoms with E-state index in [9.17, 15) is 9.90 Å². The molecule has 2 aromatic carbocycles. The lowest BCUT2D eigenvalue weighted by atomic mass is 10.2. The highest BCUT2D eigenvalue weighted by Gasteiger charge is 2.12. The lowest BCUT2D eigenvalue weighted by Crippen LogP contribution is -2.00. The third-order valence-electron chi connectivity index (χ3n) is 2.78. The molecule has 2 aromatic rings. The first-order chi connectivity index (χ1) is 8.97. The predicted molar refractivity (Wildman–Crippen MR) is 77.9 cm³/mol. The fraction of sp³-hybridized carbons (Fsp3) is 0.133. The Morgan fingerprint density at radius 2 is 1.79 bits per heavy atom. The van der Waals surface area contributed by atoms with Crippen molar-refractivity contribution in [1.29, 1.82) is 0 Å². The van der Waals surface area contributed by atoms with Crippen molar-refractivity contribution < 1.29 is 9.90 Å². The van der Waals surface area contributed by atoms with Crippen molar-refractivity contribution in [3.8, 4) is 0 Å². The molecular weight excluding hydrogens is 258 g/mol. The van der Waals surface area contributed by atoms with Crippen LogP contribution in [0, 0.1) is 13.8 Å². The van der Waals surface area contributed by atoms with E-state index in [1.54, 1.807) is 12.1 Å². The Morgan fingerprint density at radius 3 is 2.42 bits per heavy atom. The average molecular weight is 273 g/mol. The van der Waals surface area contributed by atoms with E-state index in [2.05, 4.69) is 6.07 Å². The molecule has 2 rings (SSSR count). The van der Waals surface area contributed by atoms with Crippen molar-refractivity contribution in [3.05, 3.63) is 53.1 Å². The Kier molecular flexibility index (Phi) is 3.81. The zero-order valence-electron chi connectivity index (χ0n) is 10.8. The van der Waals surface area contributed by atoms with Crippen LogP contribution in [-0.4, -0.2) is 11.1 Å². The van der Waals surface area contributed by atoms with E-state index >= 15 is 0 Å². The number of carboxylic acids is 1. The van der Waals surface area contributed by atoms with Crippen molar-refractivity contribution in [2.75, 3.05) is 5.73 Å². The lowest BCUT2D eigenvalue weighted by Gasteiger charge is -2.09. The second kappa shape index (κ2) is 5.36. The molecule has 0 unspecified atom stereocenters. The number of aromatic carboxylic acids is 1. The van der Waals surface area contributed by atoms with Crippen LogP contribution in [0.25, 0.3) is 0 Å². The van der Waals surface area contributed by atoms with E-state index in [-0.39, 0.29) is 5.56 Å². The molecule has 3 nitrogen and oxygen atoms in total. The van der Waals surface area contributed by atoms with E-state index in [1.807, 2.05) is 26.0 Å². The van der Waals surface area contributed by atoms with Crippen molar-refractivity contribution in [2.24, 2.45) is 0 Å². The van der Waals surface area contributed by atoms with Crippen molar-refractivity contribution in [1.82, 2.24) is 0 Å². The van der Waals surface area contributed by atoms with Crippen molar-refractivity contribution in [2.45, 2.75) is 23.6 Å². The summed E-state index contributed by atoms with van der Waals surface area (Å²) in [6.07, 6.45) is 0. The standard InChI is InChI=1S/C15H15NO2S/c1-9-3-5-13(10(2)7-9)19-14-6-4-11(16)8-12(14)15(17)18/h3-8H,16H2,1-2H3,(H,17,18). The topological polar surface area (TPSA) is 63.3 Å². The highest BCUT2D eigenvalue weighted by Crippen LogP contribution is 2.33. The fourth-order valence-electron chi connectivity index (χ4n) is 1.84. The molecule has 19 heavy (non-hydrogen) atoms. The summed E-state index contributed by atoms with van der Waals surface area (Å²) in [6, 6.07) is 11.1. The lowest BCUT2D eigenvalue weighted by molar-refractivity contribution is 0.0693. The molecule has 0 aliphatic carbocycles. The van der Waals surface area contributed by atoms with Gasteiger partial charge < -0.3 is 10.8 Å². The summed E-state index contributed by atoms with van der Waals surface area (Å²) < 4.78 is 0. The number of anilines is 1. The monoisotopic (exact) mass is 273 g/mol. The molecule has 0 bridgehead atoms.